The van der Waals surface area contributed by atoms with Crippen molar-refractivity contribution >= 4 is 6.03 Å². The second-order valence-corrected chi connectivity index (χ2v) is 5.50. The summed E-state index contributed by atoms with van der Waals surface area (Å²) in [7, 11) is 0. The summed E-state index contributed by atoms with van der Waals surface area (Å²) in [5, 5.41) is 15.7. The molecule has 0 bridgehead atoms. The largest absolute Gasteiger partial charge is 0.384 e. The fourth-order valence-corrected chi connectivity index (χ4v) is 2.09. The SMILES string of the molecule is CC(O)(CNC(=O)NCCc1cccnc1)c1ccc(F)cc1. The first-order chi connectivity index (χ1) is 11.0. The van der Waals surface area contributed by atoms with E-state index in [0.29, 0.717) is 18.5 Å². The lowest BCUT2D eigenvalue weighted by Crippen LogP contribution is -2.44. The number of aliphatic hydroxyl groups is 1. The zero-order valence-electron chi connectivity index (χ0n) is 12.9. The highest BCUT2D eigenvalue weighted by molar-refractivity contribution is 5.73. The van der Waals surface area contributed by atoms with Gasteiger partial charge in [0.2, 0.25) is 0 Å². The molecule has 23 heavy (non-hydrogen) atoms. The lowest BCUT2D eigenvalue weighted by molar-refractivity contribution is 0.0593. The number of nitrogens with zero attached hydrogens (tertiary/aromatic N) is 1. The molecule has 1 atom stereocenters. The van der Waals surface area contributed by atoms with Crippen LogP contribution in [0.2, 0.25) is 0 Å². The van der Waals surface area contributed by atoms with Crippen LogP contribution < -0.4 is 10.6 Å². The molecule has 6 heteroatoms. The molecule has 0 radical (unpaired) electrons. The van der Waals surface area contributed by atoms with Crippen LogP contribution in [0.4, 0.5) is 9.18 Å². The van der Waals surface area contributed by atoms with Gasteiger partial charge < -0.3 is 15.7 Å². The number of aromatic nitrogens is 1. The highest BCUT2D eigenvalue weighted by Crippen LogP contribution is 2.19. The summed E-state index contributed by atoms with van der Waals surface area (Å²) >= 11 is 0. The van der Waals surface area contributed by atoms with Crippen LogP contribution in [0.1, 0.15) is 18.1 Å². The number of amides is 2. The molecule has 3 N–H and O–H groups in total. The van der Waals surface area contributed by atoms with Gasteiger partial charge in [0, 0.05) is 18.9 Å². The third kappa shape index (κ3) is 5.34. The molecule has 0 fully saturated rings. The van der Waals surface area contributed by atoms with Crippen LogP contribution in [0.3, 0.4) is 0 Å². The van der Waals surface area contributed by atoms with Gasteiger partial charge in [-0.15, -0.1) is 0 Å². The van der Waals surface area contributed by atoms with E-state index in [2.05, 4.69) is 15.6 Å². The standard InChI is InChI=1S/C17H20FN3O2/c1-17(23,14-4-6-15(18)7-5-14)12-21-16(22)20-10-8-13-3-2-9-19-11-13/h2-7,9,11,23H,8,10,12H2,1H3,(H2,20,21,22). The van der Waals surface area contributed by atoms with Gasteiger partial charge in [-0.1, -0.05) is 18.2 Å². The molecule has 1 unspecified atom stereocenters. The van der Waals surface area contributed by atoms with Crippen LogP contribution in [0.15, 0.2) is 48.8 Å². The zero-order valence-corrected chi connectivity index (χ0v) is 12.9. The van der Waals surface area contributed by atoms with E-state index in [1.165, 1.54) is 24.3 Å². The van der Waals surface area contributed by atoms with Crippen molar-refractivity contribution in [2.45, 2.75) is 18.9 Å². The second kappa shape index (κ2) is 7.69. The second-order valence-electron chi connectivity index (χ2n) is 5.50. The Morgan fingerprint density at radius 2 is 2.00 bits per heavy atom. The van der Waals surface area contributed by atoms with Crippen LogP contribution in [0.25, 0.3) is 0 Å². The summed E-state index contributed by atoms with van der Waals surface area (Å²) in [6.45, 7) is 2.06. The van der Waals surface area contributed by atoms with Crippen molar-refractivity contribution in [2.24, 2.45) is 0 Å². The fourth-order valence-electron chi connectivity index (χ4n) is 2.09. The molecule has 1 aromatic heterocycles. The number of hydrogen-bond donors (Lipinski definition) is 3. The van der Waals surface area contributed by atoms with Crippen molar-refractivity contribution in [1.82, 2.24) is 15.6 Å². The molecule has 1 aromatic carbocycles. The number of urea groups is 1. The van der Waals surface area contributed by atoms with Crippen LogP contribution in [0.5, 0.6) is 0 Å². The van der Waals surface area contributed by atoms with Gasteiger partial charge in [0.05, 0.1) is 6.54 Å². The molecule has 0 aliphatic rings. The molecule has 0 spiro atoms. The van der Waals surface area contributed by atoms with Crippen molar-refractivity contribution in [3.8, 4) is 0 Å². The molecule has 0 saturated carbocycles. The van der Waals surface area contributed by atoms with E-state index in [-0.39, 0.29) is 18.4 Å². The molecule has 0 saturated heterocycles. The monoisotopic (exact) mass is 317 g/mol. The molecular weight excluding hydrogens is 297 g/mol. The van der Waals surface area contributed by atoms with Gasteiger partial charge in [0.1, 0.15) is 11.4 Å². The van der Waals surface area contributed by atoms with Crippen molar-refractivity contribution in [3.05, 3.63) is 65.7 Å². The highest BCUT2D eigenvalue weighted by Gasteiger charge is 2.23. The first-order valence-corrected chi connectivity index (χ1v) is 7.36. The van der Waals surface area contributed by atoms with Crippen molar-refractivity contribution in [1.29, 1.82) is 0 Å². The van der Waals surface area contributed by atoms with Gasteiger partial charge in [-0.3, -0.25) is 4.98 Å². The number of pyridine rings is 1. The minimum atomic E-state index is -1.27. The Morgan fingerprint density at radius 1 is 1.26 bits per heavy atom. The Hall–Kier alpha value is -2.47. The summed E-state index contributed by atoms with van der Waals surface area (Å²) in [5.74, 6) is -0.370. The van der Waals surface area contributed by atoms with Gasteiger partial charge in [0.15, 0.2) is 0 Å². The Labute approximate surface area is 134 Å². The molecule has 0 aliphatic heterocycles. The summed E-state index contributed by atoms with van der Waals surface area (Å²) < 4.78 is 12.9. The molecule has 122 valence electrons. The number of halogens is 1. The van der Waals surface area contributed by atoms with Gasteiger partial charge in [-0.05, 0) is 42.7 Å². The van der Waals surface area contributed by atoms with Crippen molar-refractivity contribution in [2.75, 3.05) is 13.1 Å². The first kappa shape index (κ1) is 16.9. The highest BCUT2D eigenvalue weighted by atomic mass is 19.1. The van der Waals surface area contributed by atoms with Gasteiger partial charge in [-0.25, -0.2) is 9.18 Å². The van der Waals surface area contributed by atoms with Crippen LogP contribution in [-0.4, -0.2) is 29.2 Å². The molecule has 2 rings (SSSR count). The van der Waals surface area contributed by atoms with Crippen molar-refractivity contribution < 1.29 is 14.3 Å². The van der Waals surface area contributed by atoms with Gasteiger partial charge >= 0.3 is 6.03 Å². The Kier molecular flexibility index (Phi) is 5.65. The normalized spacial score (nSPS) is 13.2. The number of nitrogens with one attached hydrogen (secondary N) is 2. The van der Waals surface area contributed by atoms with Crippen LogP contribution >= 0.6 is 0 Å². The summed E-state index contributed by atoms with van der Waals surface area (Å²) in [6.07, 6.45) is 4.12. The maximum absolute atomic E-state index is 12.9. The predicted octanol–water partition coefficient (Wildman–Crippen LogP) is 1.97. The number of carbonyl (C=O) groups is 1. The zero-order chi connectivity index (χ0) is 16.7. The molecule has 0 aliphatic carbocycles. The summed E-state index contributed by atoms with van der Waals surface area (Å²) in [6, 6.07) is 8.96. The maximum Gasteiger partial charge on any atom is 0.314 e. The van der Waals surface area contributed by atoms with E-state index in [0.717, 1.165) is 5.56 Å². The topological polar surface area (TPSA) is 74.2 Å². The molecule has 1 heterocycles. The molecule has 5 nitrogen and oxygen atoms in total. The van der Waals surface area contributed by atoms with E-state index in [1.807, 2.05) is 12.1 Å². The lowest BCUT2D eigenvalue weighted by Gasteiger charge is -2.24. The molecular formula is C17H20FN3O2. The van der Waals surface area contributed by atoms with E-state index in [4.69, 9.17) is 0 Å². The Bertz CT molecular complexity index is 630. The smallest absolute Gasteiger partial charge is 0.314 e. The molecule has 2 aromatic rings. The van der Waals surface area contributed by atoms with Gasteiger partial charge in [-0.2, -0.15) is 0 Å². The predicted molar refractivity (Wildman–Crippen MR) is 85.3 cm³/mol. The maximum atomic E-state index is 12.9. The van der Waals surface area contributed by atoms with E-state index in [9.17, 15) is 14.3 Å². The summed E-state index contributed by atoms with van der Waals surface area (Å²) in [4.78, 5) is 15.8. The quantitative estimate of drug-likeness (QED) is 0.762. The minimum Gasteiger partial charge on any atom is -0.384 e. The third-order valence-electron chi connectivity index (χ3n) is 3.48. The van der Waals surface area contributed by atoms with E-state index in [1.54, 1.807) is 19.3 Å². The number of carbonyl (C=O) groups excluding carboxylic acids is 1. The van der Waals surface area contributed by atoms with Crippen LogP contribution in [-0.2, 0) is 12.0 Å². The number of benzene rings is 1. The summed E-state index contributed by atoms with van der Waals surface area (Å²) in [5.41, 5.74) is 0.301. The van der Waals surface area contributed by atoms with E-state index < -0.39 is 5.60 Å². The lowest BCUT2D eigenvalue weighted by atomic mass is 9.96. The fraction of sp³-hybridized carbons (Fsp3) is 0.294. The average Bonchev–Trinajstić information content (AvgIpc) is 2.54. The van der Waals surface area contributed by atoms with E-state index >= 15 is 0 Å². The first-order valence-electron chi connectivity index (χ1n) is 7.36. The van der Waals surface area contributed by atoms with Crippen LogP contribution in [0, 0.1) is 5.82 Å². The third-order valence-corrected chi connectivity index (χ3v) is 3.48. The Balaban J connectivity index is 1.76. The molecule has 2 amide bonds. The van der Waals surface area contributed by atoms with Gasteiger partial charge in [0.25, 0.3) is 0 Å². The Morgan fingerprint density at radius 3 is 2.65 bits per heavy atom. The minimum absolute atomic E-state index is 0.0252. The van der Waals surface area contributed by atoms with Crippen molar-refractivity contribution in [3.63, 3.8) is 0 Å². The average molecular weight is 317 g/mol. The number of rotatable bonds is 6. The number of hydrogen-bond acceptors (Lipinski definition) is 3.